The molecule has 102 valence electrons. The van der Waals surface area contributed by atoms with Crippen molar-refractivity contribution in [3.63, 3.8) is 0 Å². The Labute approximate surface area is 114 Å². The first-order valence-electron chi connectivity index (χ1n) is 6.70. The van der Waals surface area contributed by atoms with Crippen molar-refractivity contribution in [2.45, 2.75) is 46.9 Å². The Morgan fingerprint density at radius 1 is 1.33 bits per heavy atom. The zero-order valence-electron chi connectivity index (χ0n) is 11.8. The van der Waals surface area contributed by atoms with Crippen molar-refractivity contribution in [2.75, 3.05) is 6.61 Å². The van der Waals surface area contributed by atoms with Gasteiger partial charge >= 0.3 is 114 Å². The first-order valence-corrected chi connectivity index (χ1v) is 16.7. The molecule has 1 saturated carbocycles. The van der Waals surface area contributed by atoms with Gasteiger partial charge in [0.15, 0.2) is 0 Å². The first kappa shape index (κ1) is 15.7. The zero-order valence-corrected chi connectivity index (χ0v) is 14.6. The quantitative estimate of drug-likeness (QED) is 0.335. The Kier molecular flexibility index (Phi) is 5.88. The van der Waals surface area contributed by atoms with Crippen molar-refractivity contribution in [3.8, 4) is 0 Å². The maximum absolute atomic E-state index is 11.9. The van der Waals surface area contributed by atoms with Gasteiger partial charge in [-0.25, -0.2) is 0 Å². The summed E-state index contributed by atoms with van der Waals surface area (Å²) in [5, 5.41) is 0. The van der Waals surface area contributed by atoms with Crippen LogP contribution in [-0.4, -0.2) is 36.7 Å². The molecule has 0 amide bonds. The van der Waals surface area contributed by atoms with Crippen LogP contribution in [0.1, 0.15) is 32.1 Å². The molecule has 18 heavy (non-hydrogen) atoms. The van der Waals surface area contributed by atoms with Crippen LogP contribution in [0.15, 0.2) is 10.2 Å². The van der Waals surface area contributed by atoms with E-state index < -0.39 is 24.3 Å². The molecule has 0 radical (unpaired) electrons. The molecule has 0 aliphatic heterocycles. The van der Waals surface area contributed by atoms with E-state index in [-0.39, 0.29) is 11.8 Å². The maximum atomic E-state index is 11.9. The molecule has 0 aromatic heterocycles. The van der Waals surface area contributed by atoms with Gasteiger partial charge in [0, 0.05) is 0 Å². The van der Waals surface area contributed by atoms with Crippen LogP contribution in [0.2, 0.25) is 14.8 Å². The van der Waals surface area contributed by atoms with Crippen LogP contribution in [0.25, 0.3) is 0 Å². The van der Waals surface area contributed by atoms with Crippen LogP contribution < -0.4 is 0 Å². The number of hydrogen-bond acceptors (Lipinski definition) is 3. The normalized spacial score (nSPS) is 21.3. The molecular formula is C14H24O3Sn. The summed E-state index contributed by atoms with van der Waals surface area (Å²) in [6.45, 7) is 4.32. The van der Waals surface area contributed by atoms with E-state index in [9.17, 15) is 9.59 Å². The molecule has 1 aliphatic carbocycles. The third kappa shape index (κ3) is 4.75. The third-order valence-corrected chi connectivity index (χ3v) is 10.0. The molecule has 0 heterocycles. The van der Waals surface area contributed by atoms with Crippen molar-refractivity contribution < 1.29 is 14.3 Å². The predicted octanol–water partition coefficient (Wildman–Crippen LogP) is 3.11. The third-order valence-electron chi connectivity index (χ3n) is 3.54. The van der Waals surface area contributed by atoms with E-state index in [1.54, 1.807) is 0 Å². The van der Waals surface area contributed by atoms with Gasteiger partial charge in [0.1, 0.15) is 0 Å². The SMILES string of the molecule is C=[C](COC(=O)C1CCCCCC1=O)[Sn]([CH3])([CH3])[CH3]. The van der Waals surface area contributed by atoms with E-state index in [1.165, 1.54) is 0 Å². The summed E-state index contributed by atoms with van der Waals surface area (Å²) < 4.78 is 6.37. The molecule has 4 heteroatoms. The molecule has 0 aromatic carbocycles. The number of esters is 1. The van der Waals surface area contributed by atoms with Gasteiger partial charge in [-0.05, 0) is 0 Å². The first-order chi connectivity index (χ1) is 8.32. The minimum atomic E-state index is -2.17. The molecule has 0 spiro atoms. The van der Waals surface area contributed by atoms with Gasteiger partial charge in [-0.2, -0.15) is 0 Å². The Morgan fingerprint density at radius 3 is 2.61 bits per heavy atom. The molecule has 0 bridgehead atoms. The number of carbonyl (C=O) groups excluding carboxylic acids is 2. The number of hydrogen-bond donors (Lipinski definition) is 0. The Bertz CT molecular complexity index is 341. The fraction of sp³-hybridized carbons (Fsp3) is 0.714. The number of Topliss-reactive ketones (excluding diaryl/α,β-unsaturated/α-hetero) is 1. The standard InChI is InChI=1S/C11H15O3.3CH3.Sn/c1-2-8-14-11(13)9-6-4-3-5-7-10(9)12;;;;/h9H,1,3-8H2;3*1H3;. The van der Waals surface area contributed by atoms with Crippen molar-refractivity contribution in [1.82, 2.24) is 0 Å². The van der Waals surface area contributed by atoms with Gasteiger partial charge in [-0.3, -0.25) is 0 Å². The van der Waals surface area contributed by atoms with Gasteiger partial charge in [-0.1, -0.05) is 0 Å². The summed E-state index contributed by atoms with van der Waals surface area (Å²) in [5.41, 5.74) is 0. The molecule has 1 fully saturated rings. The zero-order chi connectivity index (χ0) is 13.8. The van der Waals surface area contributed by atoms with Gasteiger partial charge in [0.25, 0.3) is 0 Å². The summed E-state index contributed by atoms with van der Waals surface area (Å²) in [4.78, 5) is 30.4. The van der Waals surface area contributed by atoms with E-state index in [2.05, 4.69) is 21.4 Å². The second kappa shape index (κ2) is 6.73. The number of rotatable bonds is 4. The second-order valence-corrected chi connectivity index (χ2v) is 20.9. The molecular weight excluding hydrogens is 335 g/mol. The average molecular weight is 359 g/mol. The van der Waals surface area contributed by atoms with E-state index in [0.29, 0.717) is 19.4 Å². The number of carbonyl (C=O) groups is 2. The van der Waals surface area contributed by atoms with Crippen LogP contribution in [0.4, 0.5) is 0 Å². The fourth-order valence-electron chi connectivity index (χ4n) is 1.88. The second-order valence-electron chi connectivity index (χ2n) is 6.08. The van der Waals surface area contributed by atoms with Crippen molar-refractivity contribution in [3.05, 3.63) is 10.2 Å². The van der Waals surface area contributed by atoms with E-state index in [1.807, 2.05) is 0 Å². The number of ether oxygens (including phenoxy) is 1. The van der Waals surface area contributed by atoms with Gasteiger partial charge in [0.2, 0.25) is 0 Å². The van der Waals surface area contributed by atoms with Gasteiger partial charge in [0.05, 0.1) is 0 Å². The summed E-state index contributed by atoms with van der Waals surface area (Å²) in [7, 11) is 0. The van der Waals surface area contributed by atoms with E-state index in [0.717, 1.165) is 22.9 Å². The molecule has 0 aromatic rings. The summed E-state index contributed by atoms with van der Waals surface area (Å²) in [5.74, 6) is -0.795. The fourth-order valence-corrected chi connectivity index (χ4v) is 3.33. The molecule has 1 unspecified atom stereocenters. The van der Waals surface area contributed by atoms with E-state index >= 15 is 0 Å². The Hall–Kier alpha value is -0.321. The Morgan fingerprint density at radius 2 is 2.00 bits per heavy atom. The summed E-state index contributed by atoms with van der Waals surface area (Å²) in [6.07, 6.45) is 4.08. The molecule has 3 nitrogen and oxygen atoms in total. The molecule has 0 saturated heterocycles. The Balaban J connectivity index is 2.49. The van der Waals surface area contributed by atoms with Gasteiger partial charge in [-0.15, -0.1) is 0 Å². The van der Waals surface area contributed by atoms with Crippen LogP contribution in [0.5, 0.6) is 0 Å². The van der Waals surface area contributed by atoms with Crippen molar-refractivity contribution >= 4 is 30.1 Å². The topological polar surface area (TPSA) is 43.4 Å². The van der Waals surface area contributed by atoms with Crippen LogP contribution in [0.3, 0.4) is 0 Å². The molecule has 1 atom stereocenters. The average Bonchev–Trinajstić information content (AvgIpc) is 2.49. The molecule has 1 rings (SSSR count). The van der Waals surface area contributed by atoms with Gasteiger partial charge < -0.3 is 0 Å². The molecule has 1 aliphatic rings. The van der Waals surface area contributed by atoms with Crippen LogP contribution in [0, 0.1) is 5.92 Å². The number of ketones is 1. The summed E-state index contributed by atoms with van der Waals surface area (Å²) >= 11 is -2.17. The predicted molar refractivity (Wildman–Crippen MR) is 75.0 cm³/mol. The van der Waals surface area contributed by atoms with E-state index in [4.69, 9.17) is 4.74 Å². The monoisotopic (exact) mass is 360 g/mol. The van der Waals surface area contributed by atoms with Crippen LogP contribution in [-0.2, 0) is 14.3 Å². The van der Waals surface area contributed by atoms with Crippen molar-refractivity contribution in [1.29, 1.82) is 0 Å². The molecule has 0 N–H and O–H groups in total. The minimum absolute atomic E-state index is 0.0578. The van der Waals surface area contributed by atoms with Crippen LogP contribution >= 0.6 is 0 Å². The van der Waals surface area contributed by atoms with Crippen molar-refractivity contribution in [2.24, 2.45) is 5.92 Å². The summed E-state index contributed by atoms with van der Waals surface area (Å²) in [6, 6.07) is 0.